The minimum absolute atomic E-state index is 0.0629. The first-order valence-corrected chi connectivity index (χ1v) is 12.4. The Morgan fingerprint density at radius 2 is 1.90 bits per heavy atom. The van der Waals surface area contributed by atoms with Crippen LogP contribution >= 0.6 is 11.8 Å². The number of anilines is 1. The Hall–Kier alpha value is -2.18. The molecule has 11 heteroatoms. The molecule has 0 radical (unpaired) electrons. The van der Waals surface area contributed by atoms with E-state index in [0.29, 0.717) is 19.0 Å². The summed E-state index contributed by atoms with van der Waals surface area (Å²) in [6.45, 7) is 3.97. The fourth-order valence-corrected chi connectivity index (χ4v) is 4.78. The van der Waals surface area contributed by atoms with Gasteiger partial charge in [-0.1, -0.05) is 18.2 Å². The minimum atomic E-state index is -4.03. The zero-order chi connectivity index (χ0) is 22.3. The molecule has 1 atom stereocenters. The molecule has 9 nitrogen and oxygen atoms in total. The number of sulfonamides is 1. The maximum Gasteiger partial charge on any atom is 0.293 e. The molecule has 0 amide bonds. The number of nitrogens with one attached hydrogen (secondary N) is 1. The normalized spacial score (nSPS) is 16.0. The van der Waals surface area contributed by atoms with Crippen LogP contribution in [-0.4, -0.2) is 62.9 Å². The maximum absolute atomic E-state index is 11.6. The number of thioether (sulfide) groups is 1. The summed E-state index contributed by atoms with van der Waals surface area (Å²) in [6, 6.07) is 13.6. The lowest BCUT2D eigenvalue weighted by Crippen LogP contribution is -2.39. The summed E-state index contributed by atoms with van der Waals surface area (Å²) in [5, 5.41) is 20.0. The minimum Gasteiger partial charge on any atom is -0.379 e. The quantitative estimate of drug-likeness (QED) is 0.311. The molecule has 0 bridgehead atoms. The van der Waals surface area contributed by atoms with Crippen molar-refractivity contribution in [2.75, 3.05) is 43.9 Å². The number of ether oxygens (including phenoxy) is 1. The predicted octanol–water partition coefficient (Wildman–Crippen LogP) is 2.54. The monoisotopic (exact) mass is 466 g/mol. The largest absolute Gasteiger partial charge is 0.379 e. The number of primary sulfonamides is 1. The highest BCUT2D eigenvalue weighted by atomic mass is 32.2. The van der Waals surface area contributed by atoms with Crippen LogP contribution in [0.15, 0.2) is 58.3 Å². The van der Waals surface area contributed by atoms with Crippen LogP contribution in [0, 0.1) is 10.1 Å². The molecular formula is C20H26N4O5S2. The first-order chi connectivity index (χ1) is 14.8. The van der Waals surface area contributed by atoms with Gasteiger partial charge in [-0.25, -0.2) is 13.6 Å². The zero-order valence-corrected chi connectivity index (χ0v) is 18.6. The van der Waals surface area contributed by atoms with Crippen LogP contribution in [0.2, 0.25) is 0 Å². The molecular weight excluding hydrogens is 440 g/mol. The van der Waals surface area contributed by atoms with Gasteiger partial charge in [-0.05, 0) is 30.7 Å². The Morgan fingerprint density at radius 3 is 2.55 bits per heavy atom. The molecule has 0 aromatic heterocycles. The van der Waals surface area contributed by atoms with Gasteiger partial charge in [-0.2, -0.15) is 0 Å². The molecule has 1 saturated heterocycles. The van der Waals surface area contributed by atoms with Crippen molar-refractivity contribution in [3.63, 3.8) is 0 Å². The fraction of sp³-hybridized carbons (Fsp3) is 0.400. The van der Waals surface area contributed by atoms with Crippen molar-refractivity contribution < 1.29 is 18.1 Å². The van der Waals surface area contributed by atoms with Gasteiger partial charge < -0.3 is 10.1 Å². The van der Waals surface area contributed by atoms with E-state index >= 15 is 0 Å². The summed E-state index contributed by atoms with van der Waals surface area (Å²) in [5.41, 5.74) is -0.0364. The number of nitrogens with zero attached hydrogens (tertiary/aromatic N) is 2. The molecule has 2 aromatic carbocycles. The number of morpholine rings is 1. The molecule has 1 heterocycles. The number of nitro groups is 1. The zero-order valence-electron chi connectivity index (χ0n) is 17.0. The van der Waals surface area contributed by atoms with Crippen molar-refractivity contribution in [1.29, 1.82) is 0 Å². The predicted molar refractivity (Wildman–Crippen MR) is 121 cm³/mol. The van der Waals surface area contributed by atoms with Crippen LogP contribution in [0.5, 0.6) is 0 Å². The van der Waals surface area contributed by atoms with E-state index in [1.54, 1.807) is 11.8 Å². The Bertz CT molecular complexity index is 982. The lowest BCUT2D eigenvalue weighted by Gasteiger charge is -2.29. The van der Waals surface area contributed by atoms with Crippen molar-refractivity contribution in [3.05, 3.63) is 58.6 Å². The standard InChI is InChI=1S/C20H26N4O5S2/c21-31(27,28)18-6-7-19(20(14-18)24(25)26)22-16(8-9-23-10-12-29-13-11-23)15-30-17-4-2-1-3-5-17/h1-7,14,16,22H,8-13,15H2,(H2,21,27,28). The Kier molecular flexibility index (Phi) is 8.27. The van der Waals surface area contributed by atoms with Crippen LogP contribution in [0.1, 0.15) is 6.42 Å². The van der Waals surface area contributed by atoms with E-state index in [1.165, 1.54) is 12.1 Å². The summed E-state index contributed by atoms with van der Waals surface area (Å²) in [7, 11) is -4.03. The first kappa shape index (κ1) is 23.5. The second kappa shape index (κ2) is 10.9. The summed E-state index contributed by atoms with van der Waals surface area (Å²) in [5.74, 6) is 0.697. The smallest absolute Gasteiger partial charge is 0.293 e. The molecule has 1 aliphatic heterocycles. The van der Waals surface area contributed by atoms with Crippen molar-refractivity contribution in [2.24, 2.45) is 5.14 Å². The second-order valence-electron chi connectivity index (χ2n) is 7.19. The van der Waals surface area contributed by atoms with E-state index in [0.717, 1.165) is 37.0 Å². The molecule has 0 aliphatic carbocycles. The molecule has 1 fully saturated rings. The van der Waals surface area contributed by atoms with Gasteiger partial charge in [0.25, 0.3) is 5.69 Å². The van der Waals surface area contributed by atoms with Crippen molar-refractivity contribution in [3.8, 4) is 0 Å². The molecule has 31 heavy (non-hydrogen) atoms. The summed E-state index contributed by atoms with van der Waals surface area (Å²) >= 11 is 1.66. The third kappa shape index (κ3) is 7.18. The van der Waals surface area contributed by atoms with Gasteiger partial charge in [0.1, 0.15) is 5.69 Å². The van der Waals surface area contributed by atoms with Gasteiger partial charge in [-0.15, -0.1) is 11.8 Å². The fourth-order valence-electron chi connectivity index (χ4n) is 3.26. The number of nitrogens with two attached hydrogens (primary N) is 1. The lowest BCUT2D eigenvalue weighted by atomic mass is 10.2. The van der Waals surface area contributed by atoms with Gasteiger partial charge in [0.05, 0.1) is 23.0 Å². The highest BCUT2D eigenvalue weighted by Crippen LogP contribution is 2.29. The van der Waals surface area contributed by atoms with E-state index < -0.39 is 14.9 Å². The SMILES string of the molecule is NS(=O)(=O)c1ccc(NC(CCN2CCOCC2)CSc2ccccc2)c([N+](=O)[O-])c1. The summed E-state index contributed by atoms with van der Waals surface area (Å²) in [6.07, 6.45) is 0.772. The van der Waals surface area contributed by atoms with Crippen molar-refractivity contribution in [1.82, 2.24) is 4.90 Å². The summed E-state index contributed by atoms with van der Waals surface area (Å²) in [4.78, 5) is 14.1. The molecule has 1 aliphatic rings. The number of rotatable bonds is 10. The molecule has 168 valence electrons. The lowest BCUT2D eigenvalue weighted by molar-refractivity contribution is -0.384. The molecule has 3 N–H and O–H groups in total. The van der Waals surface area contributed by atoms with Gasteiger partial charge in [0.2, 0.25) is 10.0 Å². The second-order valence-corrected chi connectivity index (χ2v) is 9.84. The number of hydrogen-bond acceptors (Lipinski definition) is 8. The van der Waals surface area contributed by atoms with Crippen molar-refractivity contribution >= 4 is 33.2 Å². The average Bonchev–Trinajstić information content (AvgIpc) is 2.76. The first-order valence-electron chi connectivity index (χ1n) is 9.88. The molecule has 0 saturated carbocycles. The average molecular weight is 467 g/mol. The van der Waals surface area contributed by atoms with E-state index in [-0.39, 0.29) is 22.3 Å². The molecule has 1 unspecified atom stereocenters. The number of hydrogen-bond donors (Lipinski definition) is 2. The van der Waals surface area contributed by atoms with Crippen LogP contribution in [0.3, 0.4) is 0 Å². The number of nitro benzene ring substituents is 1. The van der Waals surface area contributed by atoms with Crippen LogP contribution in [-0.2, 0) is 14.8 Å². The molecule has 3 rings (SSSR count). The van der Waals surface area contributed by atoms with E-state index in [4.69, 9.17) is 9.88 Å². The van der Waals surface area contributed by atoms with E-state index in [9.17, 15) is 18.5 Å². The molecule has 2 aromatic rings. The van der Waals surface area contributed by atoms with E-state index in [2.05, 4.69) is 10.2 Å². The summed E-state index contributed by atoms with van der Waals surface area (Å²) < 4.78 is 28.6. The molecule has 0 spiro atoms. The third-order valence-corrected chi connectivity index (χ3v) is 7.03. The van der Waals surface area contributed by atoms with Gasteiger partial charge >= 0.3 is 0 Å². The van der Waals surface area contributed by atoms with Crippen LogP contribution in [0.4, 0.5) is 11.4 Å². The van der Waals surface area contributed by atoms with E-state index in [1.807, 2.05) is 30.3 Å². The highest BCUT2D eigenvalue weighted by Gasteiger charge is 2.22. The topological polar surface area (TPSA) is 128 Å². The van der Waals surface area contributed by atoms with Gasteiger partial charge in [-0.3, -0.25) is 15.0 Å². The van der Waals surface area contributed by atoms with Gasteiger partial charge in [0.15, 0.2) is 0 Å². The maximum atomic E-state index is 11.6. The van der Waals surface area contributed by atoms with Crippen LogP contribution < -0.4 is 10.5 Å². The van der Waals surface area contributed by atoms with Crippen LogP contribution in [0.25, 0.3) is 0 Å². The highest BCUT2D eigenvalue weighted by molar-refractivity contribution is 7.99. The third-order valence-electron chi connectivity index (χ3n) is 4.95. The Balaban J connectivity index is 1.76. The Morgan fingerprint density at radius 1 is 1.19 bits per heavy atom. The number of benzene rings is 2. The van der Waals surface area contributed by atoms with Crippen molar-refractivity contribution in [2.45, 2.75) is 22.3 Å². The Labute approximate surface area is 186 Å². The van der Waals surface area contributed by atoms with Gasteiger partial charge in [0, 0.05) is 42.4 Å².